The van der Waals surface area contributed by atoms with E-state index in [2.05, 4.69) is 18.0 Å². The van der Waals surface area contributed by atoms with Crippen molar-refractivity contribution in [1.29, 1.82) is 5.26 Å². The summed E-state index contributed by atoms with van der Waals surface area (Å²) >= 11 is 0. The van der Waals surface area contributed by atoms with E-state index in [-0.39, 0.29) is 0 Å². The van der Waals surface area contributed by atoms with Crippen molar-refractivity contribution in [1.82, 2.24) is 0 Å². The SMILES string of the molecule is CN(CCCC1CCCO1)c1cccc(C#N)c1. The third kappa shape index (κ3) is 3.48. The van der Waals surface area contributed by atoms with Crippen LogP contribution in [-0.2, 0) is 4.74 Å². The lowest BCUT2D eigenvalue weighted by Crippen LogP contribution is -2.20. The van der Waals surface area contributed by atoms with E-state index in [4.69, 9.17) is 10.00 Å². The number of hydrogen-bond donors (Lipinski definition) is 0. The van der Waals surface area contributed by atoms with Gasteiger partial charge in [-0.3, -0.25) is 0 Å². The van der Waals surface area contributed by atoms with Crippen molar-refractivity contribution < 1.29 is 4.74 Å². The van der Waals surface area contributed by atoms with Gasteiger partial charge in [0.1, 0.15) is 0 Å². The topological polar surface area (TPSA) is 36.3 Å². The van der Waals surface area contributed by atoms with E-state index in [1.54, 1.807) is 0 Å². The molecule has 0 saturated carbocycles. The van der Waals surface area contributed by atoms with Crippen LogP contribution in [0.25, 0.3) is 0 Å². The Labute approximate surface area is 109 Å². The van der Waals surface area contributed by atoms with Gasteiger partial charge in [-0.2, -0.15) is 5.26 Å². The summed E-state index contributed by atoms with van der Waals surface area (Å²) in [5, 5.41) is 8.88. The number of anilines is 1. The average Bonchev–Trinajstić information content (AvgIpc) is 2.92. The zero-order valence-electron chi connectivity index (χ0n) is 10.9. The van der Waals surface area contributed by atoms with Crippen LogP contribution < -0.4 is 4.90 Å². The molecule has 1 atom stereocenters. The molecule has 1 aliphatic rings. The molecule has 18 heavy (non-hydrogen) atoms. The molecule has 3 nitrogen and oxygen atoms in total. The molecule has 0 N–H and O–H groups in total. The number of rotatable bonds is 5. The second kappa shape index (κ2) is 6.42. The molecular formula is C15H20N2O. The first-order valence-corrected chi connectivity index (χ1v) is 6.62. The molecule has 1 unspecified atom stereocenters. The van der Waals surface area contributed by atoms with Crippen LogP contribution in [0.5, 0.6) is 0 Å². The number of hydrogen-bond acceptors (Lipinski definition) is 3. The maximum absolute atomic E-state index is 8.88. The van der Waals surface area contributed by atoms with Gasteiger partial charge in [-0.15, -0.1) is 0 Å². The highest BCUT2D eigenvalue weighted by Crippen LogP contribution is 2.19. The Morgan fingerprint density at radius 1 is 1.50 bits per heavy atom. The van der Waals surface area contributed by atoms with E-state index in [1.165, 1.54) is 12.8 Å². The summed E-state index contributed by atoms with van der Waals surface area (Å²) in [5.74, 6) is 0. The first-order valence-electron chi connectivity index (χ1n) is 6.62. The van der Waals surface area contributed by atoms with Crippen LogP contribution in [0.4, 0.5) is 5.69 Å². The molecule has 0 amide bonds. The predicted molar refractivity (Wildman–Crippen MR) is 72.6 cm³/mol. The van der Waals surface area contributed by atoms with Crippen LogP contribution in [-0.4, -0.2) is 26.3 Å². The van der Waals surface area contributed by atoms with Gasteiger partial charge in [-0.1, -0.05) is 6.07 Å². The van der Waals surface area contributed by atoms with Crippen molar-refractivity contribution in [2.75, 3.05) is 25.1 Å². The second-order valence-electron chi connectivity index (χ2n) is 4.86. The van der Waals surface area contributed by atoms with Crippen molar-refractivity contribution >= 4 is 5.69 Å². The van der Waals surface area contributed by atoms with Gasteiger partial charge >= 0.3 is 0 Å². The number of nitrogens with zero attached hydrogens (tertiary/aromatic N) is 2. The summed E-state index contributed by atoms with van der Waals surface area (Å²) in [7, 11) is 2.08. The molecule has 1 aromatic carbocycles. The molecule has 1 heterocycles. The third-order valence-electron chi connectivity index (χ3n) is 3.46. The van der Waals surface area contributed by atoms with Crippen LogP contribution in [0.2, 0.25) is 0 Å². The molecule has 0 spiro atoms. The zero-order chi connectivity index (χ0) is 12.8. The van der Waals surface area contributed by atoms with E-state index in [1.807, 2.05) is 24.3 Å². The van der Waals surface area contributed by atoms with E-state index in [0.717, 1.165) is 37.2 Å². The molecular weight excluding hydrogens is 224 g/mol. The Morgan fingerprint density at radius 2 is 2.39 bits per heavy atom. The minimum absolute atomic E-state index is 0.476. The van der Waals surface area contributed by atoms with Gasteiger partial charge in [0.15, 0.2) is 0 Å². The Hall–Kier alpha value is -1.53. The van der Waals surface area contributed by atoms with Crippen molar-refractivity contribution in [3.05, 3.63) is 29.8 Å². The number of ether oxygens (including phenoxy) is 1. The second-order valence-corrected chi connectivity index (χ2v) is 4.86. The Kier molecular flexibility index (Phi) is 4.60. The fourth-order valence-corrected chi connectivity index (χ4v) is 2.37. The summed E-state index contributed by atoms with van der Waals surface area (Å²) in [6.07, 6.45) is 5.18. The molecule has 2 rings (SSSR count). The molecule has 0 radical (unpaired) electrons. The van der Waals surface area contributed by atoms with Crippen molar-refractivity contribution in [3.8, 4) is 6.07 Å². The minimum atomic E-state index is 0.476. The highest BCUT2D eigenvalue weighted by atomic mass is 16.5. The van der Waals surface area contributed by atoms with Crippen LogP contribution >= 0.6 is 0 Å². The molecule has 1 aromatic rings. The molecule has 0 aromatic heterocycles. The van der Waals surface area contributed by atoms with E-state index in [0.29, 0.717) is 6.10 Å². The Morgan fingerprint density at radius 3 is 3.11 bits per heavy atom. The molecule has 1 saturated heterocycles. The van der Waals surface area contributed by atoms with Crippen LogP contribution in [0.3, 0.4) is 0 Å². The minimum Gasteiger partial charge on any atom is -0.378 e. The lowest BCUT2D eigenvalue weighted by Gasteiger charge is -2.20. The molecule has 3 heteroatoms. The fraction of sp³-hybridized carbons (Fsp3) is 0.533. The highest BCUT2D eigenvalue weighted by Gasteiger charge is 2.14. The standard InChI is InChI=1S/C15H20N2O/c1-17(9-3-7-15-8-4-10-18-15)14-6-2-5-13(11-14)12-16/h2,5-6,11,15H,3-4,7-10H2,1H3. The van der Waals surface area contributed by atoms with Crippen molar-refractivity contribution in [3.63, 3.8) is 0 Å². The largest absolute Gasteiger partial charge is 0.378 e. The predicted octanol–water partition coefficient (Wildman–Crippen LogP) is 2.95. The Balaban J connectivity index is 1.79. The van der Waals surface area contributed by atoms with Gasteiger partial charge in [-0.05, 0) is 43.9 Å². The van der Waals surface area contributed by atoms with Gasteiger partial charge in [0, 0.05) is 25.9 Å². The van der Waals surface area contributed by atoms with Crippen molar-refractivity contribution in [2.24, 2.45) is 0 Å². The van der Waals surface area contributed by atoms with Crippen LogP contribution in [0.15, 0.2) is 24.3 Å². The van der Waals surface area contributed by atoms with Gasteiger partial charge in [-0.25, -0.2) is 0 Å². The van der Waals surface area contributed by atoms with Crippen LogP contribution in [0, 0.1) is 11.3 Å². The quantitative estimate of drug-likeness (QED) is 0.799. The third-order valence-corrected chi connectivity index (χ3v) is 3.46. The summed E-state index contributed by atoms with van der Waals surface area (Å²) in [6.45, 7) is 1.94. The lowest BCUT2D eigenvalue weighted by molar-refractivity contribution is 0.103. The highest BCUT2D eigenvalue weighted by molar-refractivity contribution is 5.50. The first-order chi connectivity index (χ1) is 8.79. The van der Waals surface area contributed by atoms with E-state index in [9.17, 15) is 0 Å². The number of nitriles is 1. The molecule has 96 valence electrons. The first kappa shape index (κ1) is 12.9. The molecule has 1 aliphatic heterocycles. The normalized spacial score (nSPS) is 18.6. The van der Waals surface area contributed by atoms with Crippen molar-refractivity contribution in [2.45, 2.75) is 31.8 Å². The Bertz CT molecular complexity index is 419. The summed E-state index contributed by atoms with van der Waals surface area (Å²) in [4.78, 5) is 2.20. The molecule has 0 bridgehead atoms. The van der Waals surface area contributed by atoms with E-state index >= 15 is 0 Å². The van der Waals surface area contributed by atoms with Gasteiger partial charge < -0.3 is 9.64 Å². The molecule has 0 aliphatic carbocycles. The maximum Gasteiger partial charge on any atom is 0.0992 e. The zero-order valence-corrected chi connectivity index (χ0v) is 10.9. The average molecular weight is 244 g/mol. The van der Waals surface area contributed by atoms with Gasteiger partial charge in [0.25, 0.3) is 0 Å². The maximum atomic E-state index is 8.88. The van der Waals surface area contributed by atoms with E-state index < -0.39 is 0 Å². The number of benzene rings is 1. The smallest absolute Gasteiger partial charge is 0.0992 e. The summed E-state index contributed by atoms with van der Waals surface area (Å²) in [6, 6.07) is 9.93. The lowest BCUT2D eigenvalue weighted by atomic mass is 10.1. The fourth-order valence-electron chi connectivity index (χ4n) is 2.37. The molecule has 1 fully saturated rings. The van der Waals surface area contributed by atoms with Gasteiger partial charge in [0.2, 0.25) is 0 Å². The van der Waals surface area contributed by atoms with Crippen LogP contribution in [0.1, 0.15) is 31.2 Å². The van der Waals surface area contributed by atoms with Gasteiger partial charge in [0.05, 0.1) is 17.7 Å². The summed E-state index contributed by atoms with van der Waals surface area (Å²) < 4.78 is 5.62. The monoisotopic (exact) mass is 244 g/mol. The summed E-state index contributed by atoms with van der Waals surface area (Å²) in [5.41, 5.74) is 1.83.